The Morgan fingerprint density at radius 3 is 2.82 bits per heavy atom. The van der Waals surface area contributed by atoms with Gasteiger partial charge < -0.3 is 29.5 Å². The molecule has 3 N–H and O–H groups in total. The SMILES string of the molecule is COc1cccc(C(CC(N)=O)c2oc(C)cc(=O)c2O)c1OCCc1ccc2c(c1)CCO2. The number of benzene rings is 2. The van der Waals surface area contributed by atoms with Gasteiger partial charge in [0, 0.05) is 30.9 Å². The van der Waals surface area contributed by atoms with Crippen LogP contribution in [0.3, 0.4) is 0 Å². The van der Waals surface area contributed by atoms with Crippen LogP contribution in [0.4, 0.5) is 0 Å². The maximum atomic E-state index is 12.2. The molecule has 0 bridgehead atoms. The van der Waals surface area contributed by atoms with Crippen molar-refractivity contribution in [2.24, 2.45) is 5.73 Å². The number of fused-ring (bicyclic) bond motifs is 1. The molecule has 4 rings (SSSR count). The van der Waals surface area contributed by atoms with E-state index in [1.54, 1.807) is 25.1 Å². The van der Waals surface area contributed by atoms with Crippen LogP contribution in [0, 0.1) is 6.92 Å². The van der Waals surface area contributed by atoms with E-state index < -0.39 is 23.0 Å². The number of carbonyl (C=O) groups is 1. The number of hydrogen-bond donors (Lipinski definition) is 2. The second-order valence-electron chi connectivity index (χ2n) is 8.17. The minimum absolute atomic E-state index is 0.0412. The van der Waals surface area contributed by atoms with Crippen LogP contribution >= 0.6 is 0 Å². The number of nitrogens with two attached hydrogens (primary N) is 1. The van der Waals surface area contributed by atoms with Gasteiger partial charge in [-0.2, -0.15) is 0 Å². The highest BCUT2D eigenvalue weighted by Crippen LogP contribution is 2.42. The van der Waals surface area contributed by atoms with Gasteiger partial charge >= 0.3 is 0 Å². The van der Waals surface area contributed by atoms with E-state index in [0.717, 1.165) is 17.7 Å². The van der Waals surface area contributed by atoms with Gasteiger partial charge in [-0.05, 0) is 30.2 Å². The largest absolute Gasteiger partial charge is 0.502 e. The summed E-state index contributed by atoms with van der Waals surface area (Å²) in [5.41, 5.74) is 7.72. The Kier molecular flexibility index (Phi) is 6.77. The van der Waals surface area contributed by atoms with E-state index in [1.165, 1.54) is 18.7 Å². The molecule has 178 valence electrons. The first-order valence-electron chi connectivity index (χ1n) is 11.0. The zero-order valence-electron chi connectivity index (χ0n) is 19.1. The highest BCUT2D eigenvalue weighted by Gasteiger charge is 2.29. The van der Waals surface area contributed by atoms with Crippen molar-refractivity contribution in [3.8, 4) is 23.0 Å². The third kappa shape index (κ3) is 4.85. The number of hydrogen-bond acceptors (Lipinski definition) is 7. The Labute approximate surface area is 196 Å². The van der Waals surface area contributed by atoms with Crippen LogP contribution < -0.4 is 25.4 Å². The fraction of sp³-hybridized carbons (Fsp3) is 0.308. The van der Waals surface area contributed by atoms with Crippen LogP contribution in [-0.4, -0.2) is 31.3 Å². The molecule has 1 amide bonds. The summed E-state index contributed by atoms with van der Waals surface area (Å²) in [6.07, 6.45) is 1.32. The molecule has 0 spiro atoms. The van der Waals surface area contributed by atoms with Crippen LogP contribution in [0.2, 0.25) is 0 Å². The third-order valence-electron chi connectivity index (χ3n) is 5.79. The van der Waals surface area contributed by atoms with Crippen molar-refractivity contribution >= 4 is 5.91 Å². The zero-order chi connectivity index (χ0) is 24.2. The van der Waals surface area contributed by atoms with Crippen LogP contribution in [0.25, 0.3) is 0 Å². The van der Waals surface area contributed by atoms with Gasteiger partial charge in [0.2, 0.25) is 17.1 Å². The molecule has 0 saturated heterocycles. The molecular weight excluding hydrogens is 438 g/mol. The van der Waals surface area contributed by atoms with Crippen molar-refractivity contribution < 1.29 is 28.5 Å². The maximum absolute atomic E-state index is 12.2. The van der Waals surface area contributed by atoms with E-state index in [0.29, 0.717) is 42.5 Å². The van der Waals surface area contributed by atoms with Crippen molar-refractivity contribution in [1.29, 1.82) is 0 Å². The first kappa shape index (κ1) is 23.2. The molecule has 3 aromatic rings. The Balaban J connectivity index is 1.66. The smallest absolute Gasteiger partial charge is 0.227 e. The minimum atomic E-state index is -0.840. The first-order valence-corrected chi connectivity index (χ1v) is 11.0. The standard InChI is InChI=1S/C26H27NO7/c1-15-12-20(28)24(30)26(34-15)19(14-23(27)29)18-4-3-5-22(31-2)25(18)33-10-8-16-6-7-21-17(13-16)9-11-32-21/h3-7,12-13,19,30H,8-11,14H2,1-2H3,(H2,27,29). The van der Waals surface area contributed by atoms with Crippen molar-refractivity contribution in [3.63, 3.8) is 0 Å². The summed E-state index contributed by atoms with van der Waals surface area (Å²) in [7, 11) is 1.51. The molecule has 2 heterocycles. The van der Waals surface area contributed by atoms with E-state index in [2.05, 4.69) is 6.07 Å². The van der Waals surface area contributed by atoms with Gasteiger partial charge in [-0.25, -0.2) is 0 Å². The molecule has 0 aliphatic carbocycles. The van der Waals surface area contributed by atoms with Gasteiger partial charge in [-0.3, -0.25) is 9.59 Å². The predicted octanol–water partition coefficient (Wildman–Crippen LogP) is 3.23. The molecule has 1 atom stereocenters. The van der Waals surface area contributed by atoms with Gasteiger partial charge in [0.15, 0.2) is 17.3 Å². The van der Waals surface area contributed by atoms with Crippen molar-refractivity contribution in [3.05, 3.63) is 80.9 Å². The highest BCUT2D eigenvalue weighted by atomic mass is 16.5. The number of primary amides is 1. The number of ether oxygens (including phenoxy) is 3. The lowest BCUT2D eigenvalue weighted by Gasteiger charge is -2.21. The summed E-state index contributed by atoms with van der Waals surface area (Å²) >= 11 is 0. The maximum Gasteiger partial charge on any atom is 0.227 e. The van der Waals surface area contributed by atoms with Crippen molar-refractivity contribution in [2.45, 2.75) is 32.1 Å². The molecule has 1 aromatic heterocycles. The number of rotatable bonds is 9. The van der Waals surface area contributed by atoms with E-state index in [4.69, 9.17) is 24.4 Å². The van der Waals surface area contributed by atoms with E-state index in [-0.39, 0.29) is 12.2 Å². The molecule has 1 unspecified atom stereocenters. The fourth-order valence-corrected chi connectivity index (χ4v) is 4.20. The third-order valence-corrected chi connectivity index (χ3v) is 5.79. The Hall–Kier alpha value is -3.94. The molecule has 0 saturated carbocycles. The topological polar surface area (TPSA) is 121 Å². The molecule has 34 heavy (non-hydrogen) atoms. The Morgan fingerprint density at radius 2 is 2.06 bits per heavy atom. The lowest BCUT2D eigenvalue weighted by molar-refractivity contribution is -0.118. The highest BCUT2D eigenvalue weighted by molar-refractivity contribution is 5.76. The number of aryl methyl sites for hydroxylation is 1. The second-order valence-corrected chi connectivity index (χ2v) is 8.17. The quantitative estimate of drug-likeness (QED) is 0.498. The summed E-state index contributed by atoms with van der Waals surface area (Å²) in [5.74, 6) is -0.00157. The van der Waals surface area contributed by atoms with Crippen LogP contribution in [0.5, 0.6) is 23.0 Å². The molecule has 8 heteroatoms. The zero-order valence-corrected chi connectivity index (χ0v) is 19.1. The average molecular weight is 466 g/mol. The van der Waals surface area contributed by atoms with E-state index in [1.807, 2.05) is 12.1 Å². The number of para-hydroxylation sites is 1. The molecule has 0 fully saturated rings. The summed E-state index contributed by atoms with van der Waals surface area (Å²) in [4.78, 5) is 24.1. The lowest BCUT2D eigenvalue weighted by atomic mass is 9.90. The molecule has 0 radical (unpaired) electrons. The van der Waals surface area contributed by atoms with Gasteiger partial charge in [0.25, 0.3) is 0 Å². The number of aromatic hydroxyl groups is 1. The fourth-order valence-electron chi connectivity index (χ4n) is 4.20. The number of methoxy groups -OCH3 is 1. The van der Waals surface area contributed by atoms with Gasteiger partial charge in [-0.1, -0.05) is 24.3 Å². The predicted molar refractivity (Wildman–Crippen MR) is 125 cm³/mol. The number of carbonyl (C=O) groups excluding carboxylic acids is 1. The van der Waals surface area contributed by atoms with Crippen molar-refractivity contribution in [1.82, 2.24) is 0 Å². The van der Waals surface area contributed by atoms with Gasteiger partial charge in [0.05, 0.1) is 26.2 Å². The Bertz CT molecular complexity index is 1260. The van der Waals surface area contributed by atoms with E-state index >= 15 is 0 Å². The average Bonchev–Trinajstić information content (AvgIpc) is 3.28. The van der Waals surface area contributed by atoms with Crippen LogP contribution in [-0.2, 0) is 17.6 Å². The van der Waals surface area contributed by atoms with Crippen molar-refractivity contribution in [2.75, 3.05) is 20.3 Å². The summed E-state index contributed by atoms with van der Waals surface area (Å²) in [6, 6.07) is 12.5. The van der Waals surface area contributed by atoms with Gasteiger partial charge in [0.1, 0.15) is 11.5 Å². The minimum Gasteiger partial charge on any atom is -0.502 e. The monoisotopic (exact) mass is 465 g/mol. The lowest BCUT2D eigenvalue weighted by Crippen LogP contribution is -2.19. The summed E-state index contributed by atoms with van der Waals surface area (Å²) in [6.45, 7) is 2.62. The number of amides is 1. The molecule has 8 nitrogen and oxygen atoms in total. The molecule has 1 aliphatic heterocycles. The molecular formula is C26H27NO7. The van der Waals surface area contributed by atoms with Crippen LogP contribution in [0.1, 0.15) is 40.5 Å². The first-order chi connectivity index (χ1) is 16.4. The molecule has 1 aliphatic rings. The van der Waals surface area contributed by atoms with Crippen LogP contribution in [0.15, 0.2) is 51.7 Å². The normalized spacial score (nSPS) is 13.1. The molecule has 2 aromatic carbocycles. The second kappa shape index (κ2) is 9.91. The van der Waals surface area contributed by atoms with E-state index in [9.17, 15) is 14.7 Å². The Morgan fingerprint density at radius 1 is 1.24 bits per heavy atom. The van der Waals surface area contributed by atoms with Gasteiger partial charge in [-0.15, -0.1) is 0 Å². The summed E-state index contributed by atoms with van der Waals surface area (Å²) in [5, 5.41) is 10.4. The summed E-state index contributed by atoms with van der Waals surface area (Å²) < 4.78 is 22.9.